The van der Waals surface area contributed by atoms with Crippen LogP contribution >= 0.6 is 11.6 Å². The molecule has 0 unspecified atom stereocenters. The molecule has 78 valence electrons. The number of hydrogen-bond donors (Lipinski definition) is 2. The first-order valence-corrected chi connectivity index (χ1v) is 5.33. The van der Waals surface area contributed by atoms with Gasteiger partial charge < -0.3 is 11.1 Å². The van der Waals surface area contributed by atoms with Gasteiger partial charge in [0.25, 0.3) is 0 Å². The van der Waals surface area contributed by atoms with Crippen molar-refractivity contribution in [2.75, 3.05) is 13.1 Å². The minimum atomic E-state index is 0.434. The van der Waals surface area contributed by atoms with E-state index in [0.29, 0.717) is 17.7 Å². The van der Waals surface area contributed by atoms with Crippen LogP contribution in [0.3, 0.4) is 0 Å². The van der Waals surface area contributed by atoms with E-state index in [9.17, 15) is 0 Å². The summed E-state index contributed by atoms with van der Waals surface area (Å²) in [5.74, 6) is 0. The lowest BCUT2D eigenvalue weighted by Gasteiger charge is -2.23. The van der Waals surface area contributed by atoms with Crippen molar-refractivity contribution in [3.05, 3.63) is 16.9 Å². The molecule has 2 heterocycles. The zero-order valence-electron chi connectivity index (χ0n) is 8.04. The summed E-state index contributed by atoms with van der Waals surface area (Å²) in [6.07, 6.45) is 3.95. The van der Waals surface area contributed by atoms with Gasteiger partial charge in [0.15, 0.2) is 0 Å². The molecule has 1 fully saturated rings. The first-order chi connectivity index (χ1) is 6.83. The number of halogens is 1. The molecule has 1 aromatic heterocycles. The quantitative estimate of drug-likeness (QED) is 0.770. The standard InChI is InChI=1S/C9H15ClN4/c10-9-7(5-11)6-13-14(9)8-1-3-12-4-2-8/h6,8,12H,1-5,11H2. The minimum absolute atomic E-state index is 0.434. The number of piperidine rings is 1. The van der Waals surface area contributed by atoms with E-state index in [4.69, 9.17) is 17.3 Å². The average Bonchev–Trinajstić information content (AvgIpc) is 2.61. The molecule has 1 aliphatic heterocycles. The summed E-state index contributed by atoms with van der Waals surface area (Å²) in [6.45, 7) is 2.54. The molecule has 1 aromatic rings. The maximum absolute atomic E-state index is 6.16. The topological polar surface area (TPSA) is 55.9 Å². The van der Waals surface area contributed by atoms with Gasteiger partial charge in [-0.2, -0.15) is 5.10 Å². The van der Waals surface area contributed by atoms with E-state index in [1.54, 1.807) is 6.20 Å². The van der Waals surface area contributed by atoms with Crippen molar-refractivity contribution in [1.82, 2.24) is 15.1 Å². The van der Waals surface area contributed by atoms with Gasteiger partial charge in [-0.15, -0.1) is 0 Å². The molecule has 0 amide bonds. The Labute approximate surface area is 88.4 Å². The van der Waals surface area contributed by atoms with Gasteiger partial charge in [-0.25, -0.2) is 0 Å². The van der Waals surface area contributed by atoms with E-state index in [2.05, 4.69) is 10.4 Å². The fraction of sp³-hybridized carbons (Fsp3) is 0.667. The van der Waals surface area contributed by atoms with Gasteiger partial charge in [-0.05, 0) is 25.9 Å². The van der Waals surface area contributed by atoms with Crippen molar-refractivity contribution in [3.8, 4) is 0 Å². The summed E-state index contributed by atoms with van der Waals surface area (Å²) in [5.41, 5.74) is 6.48. The fourth-order valence-corrected chi connectivity index (χ4v) is 2.13. The Morgan fingerprint density at radius 3 is 2.86 bits per heavy atom. The second-order valence-corrected chi connectivity index (χ2v) is 3.95. The smallest absolute Gasteiger partial charge is 0.131 e. The predicted octanol–water partition coefficient (Wildman–Crippen LogP) is 0.920. The van der Waals surface area contributed by atoms with Crippen LogP contribution in [0, 0.1) is 0 Å². The molecule has 4 nitrogen and oxygen atoms in total. The highest BCUT2D eigenvalue weighted by Crippen LogP contribution is 2.24. The van der Waals surface area contributed by atoms with Crippen LogP contribution in [0.15, 0.2) is 6.20 Å². The van der Waals surface area contributed by atoms with Gasteiger partial charge >= 0.3 is 0 Å². The molecule has 0 aromatic carbocycles. The van der Waals surface area contributed by atoms with Gasteiger partial charge in [0.1, 0.15) is 5.15 Å². The SMILES string of the molecule is NCc1cnn(C2CCNCC2)c1Cl. The van der Waals surface area contributed by atoms with Crippen LogP contribution in [0.4, 0.5) is 0 Å². The summed E-state index contributed by atoms with van der Waals surface area (Å²) >= 11 is 6.16. The molecule has 14 heavy (non-hydrogen) atoms. The molecule has 3 N–H and O–H groups in total. The molecule has 1 aliphatic rings. The van der Waals surface area contributed by atoms with Crippen molar-refractivity contribution >= 4 is 11.6 Å². The Kier molecular flexibility index (Phi) is 3.05. The number of aromatic nitrogens is 2. The van der Waals surface area contributed by atoms with Gasteiger partial charge in [0, 0.05) is 12.1 Å². The third-order valence-electron chi connectivity index (χ3n) is 2.68. The number of nitrogens with one attached hydrogen (secondary N) is 1. The number of nitrogens with two attached hydrogens (primary N) is 1. The van der Waals surface area contributed by atoms with Gasteiger partial charge in [-0.1, -0.05) is 11.6 Å². The van der Waals surface area contributed by atoms with Crippen LogP contribution in [0.2, 0.25) is 5.15 Å². The third-order valence-corrected chi connectivity index (χ3v) is 3.09. The fourth-order valence-electron chi connectivity index (χ4n) is 1.83. The Morgan fingerprint density at radius 1 is 1.57 bits per heavy atom. The number of rotatable bonds is 2. The zero-order valence-corrected chi connectivity index (χ0v) is 8.80. The van der Waals surface area contributed by atoms with Crippen LogP contribution in [0.5, 0.6) is 0 Å². The largest absolute Gasteiger partial charge is 0.326 e. The first-order valence-electron chi connectivity index (χ1n) is 4.95. The Morgan fingerprint density at radius 2 is 2.29 bits per heavy atom. The van der Waals surface area contributed by atoms with E-state index in [1.807, 2.05) is 4.68 Å². The normalized spacial score (nSPS) is 18.7. The number of hydrogen-bond acceptors (Lipinski definition) is 3. The second kappa shape index (κ2) is 4.29. The summed E-state index contributed by atoms with van der Waals surface area (Å²) < 4.78 is 1.91. The van der Waals surface area contributed by atoms with Crippen molar-refractivity contribution < 1.29 is 0 Å². The highest BCUT2D eigenvalue weighted by Gasteiger charge is 2.19. The monoisotopic (exact) mass is 214 g/mol. The molecule has 0 saturated carbocycles. The van der Waals surface area contributed by atoms with E-state index < -0.39 is 0 Å². The molecule has 0 aliphatic carbocycles. The lowest BCUT2D eigenvalue weighted by molar-refractivity contribution is 0.343. The first kappa shape index (κ1) is 9.96. The lowest BCUT2D eigenvalue weighted by atomic mass is 10.1. The third kappa shape index (κ3) is 1.78. The summed E-state index contributed by atoms with van der Waals surface area (Å²) in [6, 6.07) is 0.434. The predicted molar refractivity (Wildman–Crippen MR) is 56.3 cm³/mol. The average molecular weight is 215 g/mol. The summed E-state index contributed by atoms with van der Waals surface area (Å²) in [7, 11) is 0. The van der Waals surface area contributed by atoms with E-state index in [0.717, 1.165) is 31.5 Å². The van der Waals surface area contributed by atoms with Crippen molar-refractivity contribution in [1.29, 1.82) is 0 Å². The van der Waals surface area contributed by atoms with E-state index in [-0.39, 0.29) is 0 Å². The lowest BCUT2D eigenvalue weighted by Crippen LogP contribution is -2.29. The Bertz CT molecular complexity index is 304. The Hall–Kier alpha value is -0.580. The van der Waals surface area contributed by atoms with Crippen LogP contribution < -0.4 is 11.1 Å². The van der Waals surface area contributed by atoms with Gasteiger partial charge in [0.05, 0.1) is 12.2 Å². The van der Waals surface area contributed by atoms with Crippen molar-refractivity contribution in [2.45, 2.75) is 25.4 Å². The van der Waals surface area contributed by atoms with Gasteiger partial charge in [-0.3, -0.25) is 4.68 Å². The molecule has 0 spiro atoms. The summed E-state index contributed by atoms with van der Waals surface area (Å²) in [5, 5.41) is 8.31. The molecule has 0 bridgehead atoms. The van der Waals surface area contributed by atoms with Crippen LogP contribution in [-0.2, 0) is 6.54 Å². The molecular weight excluding hydrogens is 200 g/mol. The highest BCUT2D eigenvalue weighted by molar-refractivity contribution is 6.30. The molecule has 0 atom stereocenters. The molecule has 0 radical (unpaired) electrons. The van der Waals surface area contributed by atoms with Crippen LogP contribution in [0.25, 0.3) is 0 Å². The zero-order chi connectivity index (χ0) is 9.97. The van der Waals surface area contributed by atoms with Crippen molar-refractivity contribution in [3.63, 3.8) is 0 Å². The van der Waals surface area contributed by atoms with Crippen LogP contribution in [0.1, 0.15) is 24.4 Å². The van der Waals surface area contributed by atoms with Crippen LogP contribution in [-0.4, -0.2) is 22.9 Å². The molecule has 1 saturated heterocycles. The van der Waals surface area contributed by atoms with E-state index >= 15 is 0 Å². The summed E-state index contributed by atoms with van der Waals surface area (Å²) in [4.78, 5) is 0. The maximum atomic E-state index is 6.16. The number of nitrogens with zero attached hydrogens (tertiary/aromatic N) is 2. The van der Waals surface area contributed by atoms with Crippen molar-refractivity contribution in [2.24, 2.45) is 5.73 Å². The molecule has 5 heteroatoms. The van der Waals surface area contributed by atoms with E-state index in [1.165, 1.54) is 0 Å². The molecular formula is C9H15ClN4. The highest BCUT2D eigenvalue weighted by atomic mass is 35.5. The minimum Gasteiger partial charge on any atom is -0.326 e. The van der Waals surface area contributed by atoms with Gasteiger partial charge in [0.2, 0.25) is 0 Å². The second-order valence-electron chi connectivity index (χ2n) is 3.59. The molecule has 2 rings (SSSR count). The Balaban J connectivity index is 2.18. The maximum Gasteiger partial charge on any atom is 0.131 e.